The molecule has 0 aliphatic carbocycles. The number of aryl methyl sites for hydroxylation is 1. The van der Waals surface area contributed by atoms with Crippen molar-refractivity contribution < 1.29 is 14.3 Å². The van der Waals surface area contributed by atoms with Crippen molar-refractivity contribution >= 4 is 52.1 Å². The van der Waals surface area contributed by atoms with Gasteiger partial charge in [0, 0.05) is 23.8 Å². The minimum atomic E-state index is -0.310. The van der Waals surface area contributed by atoms with Gasteiger partial charge < -0.3 is 19.7 Å². The van der Waals surface area contributed by atoms with Gasteiger partial charge in [0.05, 0.1) is 28.9 Å². The maximum absolute atomic E-state index is 12.2. The van der Waals surface area contributed by atoms with Crippen LogP contribution in [0.25, 0.3) is 0 Å². The van der Waals surface area contributed by atoms with Gasteiger partial charge in [0.2, 0.25) is 0 Å². The molecule has 0 unspecified atom stereocenters. The van der Waals surface area contributed by atoms with Crippen LogP contribution in [-0.4, -0.2) is 38.8 Å². The van der Waals surface area contributed by atoms with Crippen molar-refractivity contribution in [2.45, 2.75) is 6.92 Å². The molecule has 0 atom stereocenters. The van der Waals surface area contributed by atoms with Gasteiger partial charge in [-0.25, -0.2) is 0 Å². The second-order valence-corrected chi connectivity index (χ2v) is 7.39. The van der Waals surface area contributed by atoms with Crippen molar-refractivity contribution in [2.75, 3.05) is 43.1 Å². The fourth-order valence-electron chi connectivity index (χ4n) is 2.85. The number of amides is 1. The van der Waals surface area contributed by atoms with Gasteiger partial charge in [-0.15, -0.1) is 0 Å². The normalized spacial score (nSPS) is 14.1. The second kappa shape index (κ2) is 9.02. The summed E-state index contributed by atoms with van der Waals surface area (Å²) >= 11 is 18.4. The molecule has 0 saturated carbocycles. The molecule has 2 aromatic carbocycles. The quantitative estimate of drug-likeness (QED) is 0.741. The molecule has 1 fully saturated rings. The number of anilines is 2. The van der Waals surface area contributed by atoms with Crippen molar-refractivity contribution in [2.24, 2.45) is 0 Å². The van der Waals surface area contributed by atoms with Crippen LogP contribution in [-0.2, 0) is 9.53 Å². The van der Waals surface area contributed by atoms with Gasteiger partial charge in [-0.3, -0.25) is 4.79 Å². The lowest BCUT2D eigenvalue weighted by molar-refractivity contribution is -0.118. The molecule has 1 saturated heterocycles. The molecule has 1 aliphatic heterocycles. The Morgan fingerprint density at radius 3 is 2.56 bits per heavy atom. The van der Waals surface area contributed by atoms with E-state index in [1.165, 1.54) is 0 Å². The number of morpholine rings is 1. The van der Waals surface area contributed by atoms with Crippen molar-refractivity contribution in [3.05, 3.63) is 51.0 Å². The zero-order valence-electron chi connectivity index (χ0n) is 14.7. The first kappa shape index (κ1) is 20.1. The Balaban J connectivity index is 1.60. The van der Waals surface area contributed by atoms with Crippen LogP contribution in [0.3, 0.4) is 0 Å². The summed E-state index contributed by atoms with van der Waals surface area (Å²) in [6, 6.07) is 8.74. The lowest BCUT2D eigenvalue weighted by Gasteiger charge is -2.29. The molecular formula is C19H19Cl3N2O3. The zero-order chi connectivity index (χ0) is 19.4. The van der Waals surface area contributed by atoms with Crippen molar-refractivity contribution in [3.8, 4) is 5.75 Å². The van der Waals surface area contributed by atoms with E-state index in [9.17, 15) is 4.79 Å². The maximum Gasteiger partial charge on any atom is 0.262 e. The van der Waals surface area contributed by atoms with Crippen LogP contribution in [0.2, 0.25) is 15.1 Å². The fraction of sp³-hybridized carbons (Fsp3) is 0.316. The largest absolute Gasteiger partial charge is 0.482 e. The van der Waals surface area contributed by atoms with Gasteiger partial charge in [0.15, 0.2) is 6.61 Å². The van der Waals surface area contributed by atoms with Gasteiger partial charge in [-0.2, -0.15) is 0 Å². The summed E-state index contributed by atoms with van der Waals surface area (Å²) in [7, 11) is 0. The number of carbonyl (C=O) groups is 1. The van der Waals surface area contributed by atoms with Gasteiger partial charge in [-0.05, 0) is 42.8 Å². The van der Waals surface area contributed by atoms with Gasteiger partial charge >= 0.3 is 0 Å². The van der Waals surface area contributed by atoms with Crippen molar-refractivity contribution in [3.63, 3.8) is 0 Å². The molecule has 27 heavy (non-hydrogen) atoms. The SMILES string of the molecule is Cc1cc(Cl)cc(Cl)c1OCC(=O)Nc1ccc(N2CCOCC2)c(Cl)c1. The number of halogens is 3. The Kier molecular flexibility index (Phi) is 6.71. The Labute approximate surface area is 173 Å². The van der Waals surface area contributed by atoms with E-state index in [0.717, 1.165) is 24.3 Å². The van der Waals surface area contributed by atoms with Crippen LogP contribution < -0.4 is 15.0 Å². The number of rotatable bonds is 5. The Morgan fingerprint density at radius 1 is 1.15 bits per heavy atom. The van der Waals surface area contributed by atoms with Crippen LogP contribution >= 0.6 is 34.8 Å². The predicted octanol–water partition coefficient (Wildman–Crippen LogP) is 4.81. The monoisotopic (exact) mass is 428 g/mol. The number of ether oxygens (including phenoxy) is 2. The highest BCUT2D eigenvalue weighted by molar-refractivity contribution is 6.35. The number of benzene rings is 2. The summed E-state index contributed by atoms with van der Waals surface area (Å²) < 4.78 is 10.9. The molecule has 1 heterocycles. The highest BCUT2D eigenvalue weighted by atomic mass is 35.5. The molecular weight excluding hydrogens is 411 g/mol. The van der Waals surface area contributed by atoms with E-state index in [1.807, 2.05) is 19.1 Å². The van der Waals surface area contributed by atoms with E-state index < -0.39 is 0 Å². The van der Waals surface area contributed by atoms with E-state index in [-0.39, 0.29) is 12.5 Å². The summed E-state index contributed by atoms with van der Waals surface area (Å²) in [5.74, 6) is 0.132. The van der Waals surface area contributed by atoms with E-state index in [2.05, 4.69) is 10.2 Å². The third kappa shape index (κ3) is 5.20. The molecule has 0 bridgehead atoms. The topological polar surface area (TPSA) is 50.8 Å². The molecule has 1 aliphatic rings. The maximum atomic E-state index is 12.2. The van der Waals surface area contributed by atoms with E-state index >= 15 is 0 Å². The third-order valence-corrected chi connectivity index (χ3v) is 4.93. The van der Waals surface area contributed by atoms with E-state index in [0.29, 0.717) is 39.7 Å². The van der Waals surface area contributed by atoms with Gasteiger partial charge in [0.1, 0.15) is 5.75 Å². The molecule has 8 heteroatoms. The number of carbonyl (C=O) groups excluding carboxylic acids is 1. The minimum absolute atomic E-state index is 0.176. The molecule has 1 amide bonds. The number of nitrogens with zero attached hydrogens (tertiary/aromatic N) is 1. The number of hydrogen-bond donors (Lipinski definition) is 1. The van der Waals surface area contributed by atoms with Crippen LogP contribution in [0.1, 0.15) is 5.56 Å². The third-order valence-electron chi connectivity index (χ3n) is 4.12. The summed E-state index contributed by atoms with van der Waals surface area (Å²) in [6.45, 7) is 4.58. The Bertz CT molecular complexity index is 816. The Hall–Kier alpha value is -1.66. The lowest BCUT2D eigenvalue weighted by atomic mass is 10.2. The number of hydrogen-bond acceptors (Lipinski definition) is 4. The summed E-state index contributed by atoms with van der Waals surface area (Å²) in [5, 5.41) is 4.23. The molecule has 3 rings (SSSR count). The summed E-state index contributed by atoms with van der Waals surface area (Å²) in [5.41, 5.74) is 2.29. The smallest absolute Gasteiger partial charge is 0.262 e. The summed E-state index contributed by atoms with van der Waals surface area (Å²) in [4.78, 5) is 14.4. The van der Waals surface area contributed by atoms with Crippen LogP contribution in [0.5, 0.6) is 5.75 Å². The minimum Gasteiger partial charge on any atom is -0.482 e. The molecule has 144 valence electrons. The second-order valence-electron chi connectivity index (χ2n) is 6.14. The standard InChI is InChI=1S/C19H19Cl3N2O3/c1-12-8-13(20)9-16(22)19(12)27-11-18(25)23-14-2-3-17(15(21)10-14)24-4-6-26-7-5-24/h2-3,8-10H,4-7,11H2,1H3,(H,23,25). The van der Waals surface area contributed by atoms with Crippen molar-refractivity contribution in [1.29, 1.82) is 0 Å². The predicted molar refractivity (Wildman–Crippen MR) is 110 cm³/mol. The first-order valence-electron chi connectivity index (χ1n) is 8.44. The fourth-order valence-corrected chi connectivity index (χ4v) is 3.80. The molecule has 5 nitrogen and oxygen atoms in total. The first-order valence-corrected chi connectivity index (χ1v) is 9.58. The molecule has 0 spiro atoms. The van der Waals surface area contributed by atoms with Gasteiger partial charge in [0.25, 0.3) is 5.91 Å². The lowest BCUT2D eigenvalue weighted by Crippen LogP contribution is -2.36. The molecule has 2 aromatic rings. The van der Waals surface area contributed by atoms with E-state index in [1.54, 1.807) is 18.2 Å². The van der Waals surface area contributed by atoms with Crippen LogP contribution in [0, 0.1) is 6.92 Å². The van der Waals surface area contributed by atoms with Crippen LogP contribution in [0.4, 0.5) is 11.4 Å². The average molecular weight is 430 g/mol. The Morgan fingerprint density at radius 2 is 1.89 bits per heavy atom. The van der Waals surface area contributed by atoms with E-state index in [4.69, 9.17) is 44.3 Å². The van der Waals surface area contributed by atoms with Gasteiger partial charge in [-0.1, -0.05) is 34.8 Å². The van der Waals surface area contributed by atoms with Crippen molar-refractivity contribution in [1.82, 2.24) is 0 Å². The number of nitrogens with one attached hydrogen (secondary N) is 1. The average Bonchev–Trinajstić information content (AvgIpc) is 2.61. The highest BCUT2D eigenvalue weighted by Crippen LogP contribution is 2.32. The molecule has 0 aromatic heterocycles. The molecule has 0 radical (unpaired) electrons. The molecule has 1 N–H and O–H groups in total. The summed E-state index contributed by atoms with van der Waals surface area (Å²) in [6.07, 6.45) is 0. The highest BCUT2D eigenvalue weighted by Gasteiger charge is 2.15. The zero-order valence-corrected chi connectivity index (χ0v) is 17.0. The first-order chi connectivity index (χ1) is 12.9. The van der Waals surface area contributed by atoms with Crippen LogP contribution in [0.15, 0.2) is 30.3 Å².